The summed E-state index contributed by atoms with van der Waals surface area (Å²) in [5.74, 6) is 3.41. The van der Waals surface area contributed by atoms with E-state index >= 15 is 0 Å². The van der Waals surface area contributed by atoms with Crippen LogP contribution in [0.3, 0.4) is 0 Å². The molecule has 0 amide bonds. The molecule has 0 spiro atoms. The van der Waals surface area contributed by atoms with Crippen LogP contribution in [0.15, 0.2) is 0 Å². The van der Waals surface area contributed by atoms with Gasteiger partial charge in [-0.25, -0.2) is 0 Å². The predicted octanol–water partition coefficient (Wildman–Crippen LogP) is 2.33. The third-order valence-electron chi connectivity index (χ3n) is 3.91. The largest absolute Gasteiger partial charge is 0.389 e. The molecule has 0 aliphatic heterocycles. The predicted molar refractivity (Wildman–Crippen MR) is 78.9 cm³/mol. The molecule has 1 fully saturated rings. The lowest BCUT2D eigenvalue weighted by molar-refractivity contribution is -0.0311. The van der Waals surface area contributed by atoms with Crippen molar-refractivity contribution in [2.45, 2.75) is 70.6 Å². The second-order valence-corrected chi connectivity index (χ2v) is 5.80. The van der Waals surface area contributed by atoms with Crippen molar-refractivity contribution in [1.82, 2.24) is 5.32 Å². The molecule has 1 aliphatic rings. The van der Waals surface area contributed by atoms with Crippen LogP contribution in [0.5, 0.6) is 0 Å². The topological polar surface area (TPSA) is 41.5 Å². The van der Waals surface area contributed by atoms with Crippen LogP contribution in [0.1, 0.15) is 52.4 Å². The zero-order chi connectivity index (χ0) is 14.1. The highest BCUT2D eigenvalue weighted by Crippen LogP contribution is 2.25. The monoisotopic (exact) mass is 267 g/mol. The first-order valence-electron chi connectivity index (χ1n) is 7.62. The van der Waals surface area contributed by atoms with Crippen molar-refractivity contribution < 1.29 is 9.84 Å². The first kappa shape index (κ1) is 16.5. The van der Waals surface area contributed by atoms with Crippen molar-refractivity contribution in [3.05, 3.63) is 0 Å². The van der Waals surface area contributed by atoms with Crippen LogP contribution in [0.25, 0.3) is 0 Å². The van der Waals surface area contributed by atoms with Crippen molar-refractivity contribution in [3.63, 3.8) is 0 Å². The Kier molecular flexibility index (Phi) is 8.13. The average Bonchev–Trinajstić information content (AvgIpc) is 2.41. The Morgan fingerprint density at radius 1 is 1.47 bits per heavy atom. The third-order valence-corrected chi connectivity index (χ3v) is 3.91. The minimum atomic E-state index is -0.441. The zero-order valence-electron chi connectivity index (χ0n) is 12.4. The average molecular weight is 267 g/mol. The van der Waals surface area contributed by atoms with Gasteiger partial charge in [0, 0.05) is 19.0 Å². The van der Waals surface area contributed by atoms with Gasteiger partial charge in [-0.1, -0.05) is 26.7 Å². The van der Waals surface area contributed by atoms with Crippen LogP contribution < -0.4 is 5.32 Å². The summed E-state index contributed by atoms with van der Waals surface area (Å²) in [6, 6.07) is 0.300. The molecular weight excluding hydrogens is 238 g/mol. The maximum atomic E-state index is 9.92. The Balaban J connectivity index is 2.13. The molecule has 0 aromatic carbocycles. The van der Waals surface area contributed by atoms with Gasteiger partial charge >= 0.3 is 0 Å². The van der Waals surface area contributed by atoms with Gasteiger partial charge < -0.3 is 15.2 Å². The van der Waals surface area contributed by atoms with Crippen molar-refractivity contribution >= 4 is 0 Å². The second-order valence-electron chi connectivity index (χ2n) is 5.80. The zero-order valence-corrected chi connectivity index (χ0v) is 12.4. The summed E-state index contributed by atoms with van der Waals surface area (Å²) in [4.78, 5) is 0. The highest BCUT2D eigenvalue weighted by Gasteiger charge is 2.20. The molecule has 4 unspecified atom stereocenters. The quantitative estimate of drug-likeness (QED) is 0.663. The fourth-order valence-electron chi connectivity index (χ4n) is 2.64. The van der Waals surface area contributed by atoms with Gasteiger partial charge in [0.25, 0.3) is 0 Å². The van der Waals surface area contributed by atoms with E-state index in [2.05, 4.69) is 25.1 Å². The first-order chi connectivity index (χ1) is 9.15. The standard InChI is InChI=1S/C16H29NO2/c1-4-7-14(5-2)17-11-15(18)12-19-16-9-6-8-13(3)10-16/h1,13-18H,5-12H2,2-3H3. The van der Waals surface area contributed by atoms with Crippen LogP contribution >= 0.6 is 0 Å². The minimum Gasteiger partial charge on any atom is -0.389 e. The summed E-state index contributed by atoms with van der Waals surface area (Å²) in [6.45, 7) is 5.36. The maximum Gasteiger partial charge on any atom is 0.0897 e. The van der Waals surface area contributed by atoms with Gasteiger partial charge in [0.2, 0.25) is 0 Å². The van der Waals surface area contributed by atoms with E-state index in [1.54, 1.807) is 0 Å². The molecule has 0 saturated heterocycles. The molecule has 3 nitrogen and oxygen atoms in total. The van der Waals surface area contributed by atoms with Crippen molar-refractivity contribution in [1.29, 1.82) is 0 Å². The Hall–Kier alpha value is -0.560. The lowest BCUT2D eigenvalue weighted by Crippen LogP contribution is -2.38. The van der Waals surface area contributed by atoms with Crippen LogP contribution in [-0.2, 0) is 4.74 Å². The van der Waals surface area contributed by atoms with Gasteiger partial charge in [-0.2, -0.15) is 0 Å². The molecule has 1 aliphatic carbocycles. The van der Waals surface area contributed by atoms with E-state index in [4.69, 9.17) is 11.2 Å². The number of nitrogens with one attached hydrogen (secondary N) is 1. The van der Waals surface area contributed by atoms with Crippen LogP contribution in [0.2, 0.25) is 0 Å². The molecule has 1 saturated carbocycles. The Labute approximate surface area is 118 Å². The van der Waals surface area contributed by atoms with E-state index in [9.17, 15) is 5.11 Å². The second kappa shape index (κ2) is 9.36. The number of terminal acetylenes is 1. The molecule has 19 heavy (non-hydrogen) atoms. The van der Waals surface area contributed by atoms with Crippen molar-refractivity contribution in [2.75, 3.05) is 13.2 Å². The summed E-state index contributed by atoms with van der Waals surface area (Å²) in [5, 5.41) is 13.2. The molecule has 0 aromatic heterocycles. The number of ether oxygens (including phenoxy) is 1. The number of hydrogen-bond acceptors (Lipinski definition) is 3. The third kappa shape index (κ3) is 6.96. The van der Waals surface area contributed by atoms with Crippen molar-refractivity contribution in [3.8, 4) is 12.3 Å². The van der Waals surface area contributed by atoms with Crippen LogP contribution in [0.4, 0.5) is 0 Å². The van der Waals surface area contributed by atoms with Gasteiger partial charge in [-0.15, -0.1) is 12.3 Å². The number of aliphatic hydroxyl groups excluding tert-OH is 1. The molecule has 110 valence electrons. The van der Waals surface area contributed by atoms with Crippen LogP contribution in [0, 0.1) is 18.3 Å². The smallest absolute Gasteiger partial charge is 0.0897 e. The van der Waals surface area contributed by atoms with E-state index in [0.29, 0.717) is 31.7 Å². The lowest BCUT2D eigenvalue weighted by Gasteiger charge is -2.28. The molecular formula is C16H29NO2. The Morgan fingerprint density at radius 2 is 2.26 bits per heavy atom. The summed E-state index contributed by atoms with van der Waals surface area (Å²) >= 11 is 0. The highest BCUT2D eigenvalue weighted by atomic mass is 16.5. The van der Waals surface area contributed by atoms with E-state index in [1.165, 1.54) is 12.8 Å². The molecule has 0 radical (unpaired) electrons. The molecule has 0 aromatic rings. The van der Waals surface area contributed by atoms with Gasteiger partial charge in [0.1, 0.15) is 0 Å². The maximum absolute atomic E-state index is 9.92. The SMILES string of the molecule is C#CCC(CC)NCC(O)COC1CCCC(C)C1. The number of aliphatic hydroxyl groups is 1. The summed E-state index contributed by atoms with van der Waals surface area (Å²) in [5.41, 5.74) is 0. The first-order valence-corrected chi connectivity index (χ1v) is 7.62. The molecule has 0 bridgehead atoms. The normalized spacial score (nSPS) is 26.6. The molecule has 1 rings (SSSR count). The minimum absolute atomic E-state index is 0.300. The van der Waals surface area contributed by atoms with Crippen molar-refractivity contribution in [2.24, 2.45) is 5.92 Å². The van der Waals surface area contributed by atoms with Gasteiger partial charge in [0.05, 0.1) is 18.8 Å². The summed E-state index contributed by atoms with van der Waals surface area (Å²) < 4.78 is 5.81. The fraction of sp³-hybridized carbons (Fsp3) is 0.875. The van der Waals surface area contributed by atoms with E-state index < -0.39 is 6.10 Å². The van der Waals surface area contributed by atoms with E-state index in [-0.39, 0.29) is 0 Å². The molecule has 2 N–H and O–H groups in total. The molecule has 4 atom stereocenters. The lowest BCUT2D eigenvalue weighted by atomic mass is 9.89. The highest BCUT2D eigenvalue weighted by molar-refractivity contribution is 4.89. The van der Waals surface area contributed by atoms with Gasteiger partial charge in [0.15, 0.2) is 0 Å². The Morgan fingerprint density at radius 3 is 2.89 bits per heavy atom. The summed E-state index contributed by atoms with van der Waals surface area (Å²) in [7, 11) is 0. The number of rotatable bonds is 8. The fourth-order valence-corrected chi connectivity index (χ4v) is 2.64. The van der Waals surface area contributed by atoms with Gasteiger partial charge in [-0.05, 0) is 25.2 Å². The Bertz CT molecular complexity index is 274. The van der Waals surface area contributed by atoms with Gasteiger partial charge in [-0.3, -0.25) is 0 Å². The summed E-state index contributed by atoms with van der Waals surface area (Å²) in [6.07, 6.45) is 11.7. The molecule has 3 heteroatoms. The molecule has 0 heterocycles. The van der Waals surface area contributed by atoms with E-state index in [1.807, 2.05) is 0 Å². The van der Waals surface area contributed by atoms with E-state index in [0.717, 1.165) is 25.2 Å². The van der Waals surface area contributed by atoms with Crippen LogP contribution in [-0.4, -0.2) is 36.5 Å². The number of hydrogen-bond donors (Lipinski definition) is 2.